The van der Waals surface area contributed by atoms with Gasteiger partial charge in [0.1, 0.15) is 24.5 Å². The number of halogens is 2. The van der Waals surface area contributed by atoms with Gasteiger partial charge in [-0.1, -0.05) is 19.9 Å². The molecule has 3 N–H and O–H groups in total. The summed E-state index contributed by atoms with van der Waals surface area (Å²) in [5, 5.41) is 11.9. The van der Waals surface area contributed by atoms with E-state index in [1.54, 1.807) is 30.2 Å². The van der Waals surface area contributed by atoms with Gasteiger partial charge in [-0.3, -0.25) is 14.5 Å². The number of rotatable bonds is 15. The largest absolute Gasteiger partial charge is 0.492 e. The third kappa shape index (κ3) is 10.2. The SMILES string of the molecule is CCOc1cc(N2CCC(N3CCN(CCc4c(F)ccc5c4oc(=O)n5C4CCCNC4)CC3)CC2)c(CC)cc1Nc1ncc(Br)c(Nc2ccc3nc(CC)ccc3c2P(C)(C)=O)n1. The number of hydrogen-bond donors (Lipinski definition) is 3. The first-order chi connectivity index (χ1) is 32.4. The molecule has 14 nitrogen and oxygen atoms in total. The first kappa shape index (κ1) is 47.2. The number of aryl methyl sites for hydroxylation is 2. The third-order valence-electron chi connectivity index (χ3n) is 13.8. The molecule has 3 fully saturated rings. The zero-order valence-electron chi connectivity index (χ0n) is 39.3. The van der Waals surface area contributed by atoms with E-state index in [9.17, 15) is 9.36 Å². The van der Waals surface area contributed by atoms with E-state index in [0.29, 0.717) is 70.7 Å². The number of piperidine rings is 2. The number of aromatic nitrogens is 4. The minimum Gasteiger partial charge on any atom is -0.492 e. The van der Waals surface area contributed by atoms with Gasteiger partial charge in [0.15, 0.2) is 5.58 Å². The van der Waals surface area contributed by atoms with Gasteiger partial charge in [-0.2, -0.15) is 4.98 Å². The van der Waals surface area contributed by atoms with E-state index < -0.39 is 12.9 Å². The van der Waals surface area contributed by atoms with Crippen molar-refractivity contribution in [2.24, 2.45) is 0 Å². The molecule has 0 radical (unpaired) electrons. The fraction of sp³-hybridized carbons (Fsp3) is 0.480. The molecular weight excluding hydrogens is 934 g/mol. The van der Waals surface area contributed by atoms with Crippen molar-refractivity contribution in [2.45, 2.75) is 77.8 Å². The molecule has 0 amide bonds. The second-order valence-electron chi connectivity index (χ2n) is 18.4. The summed E-state index contributed by atoms with van der Waals surface area (Å²) in [6.07, 6.45) is 7.90. The van der Waals surface area contributed by atoms with Gasteiger partial charge in [-0.15, -0.1) is 0 Å². The molecular formula is C50H63BrFN10O4P. The van der Waals surface area contributed by atoms with Gasteiger partial charge in [0.05, 0.1) is 39.5 Å². The van der Waals surface area contributed by atoms with Crippen LogP contribution in [0.25, 0.3) is 22.0 Å². The van der Waals surface area contributed by atoms with Crippen LogP contribution < -0.4 is 36.6 Å². The minimum absolute atomic E-state index is 0.0220. The summed E-state index contributed by atoms with van der Waals surface area (Å²) >= 11 is 3.64. The molecule has 0 spiro atoms. The monoisotopic (exact) mass is 996 g/mol. The Morgan fingerprint density at radius 2 is 1.73 bits per heavy atom. The highest BCUT2D eigenvalue weighted by molar-refractivity contribution is 9.10. The first-order valence-electron chi connectivity index (χ1n) is 24.0. The van der Waals surface area contributed by atoms with Gasteiger partial charge < -0.3 is 39.5 Å². The smallest absolute Gasteiger partial charge is 0.420 e. The number of oxazole rings is 1. The predicted molar refractivity (Wildman–Crippen MR) is 272 cm³/mol. The number of anilines is 5. The van der Waals surface area contributed by atoms with Crippen LogP contribution in [0.5, 0.6) is 5.75 Å². The van der Waals surface area contributed by atoms with E-state index in [1.165, 1.54) is 17.3 Å². The number of hydrogen-bond acceptors (Lipinski definition) is 13. The molecule has 1 atom stereocenters. The lowest BCUT2D eigenvalue weighted by Gasteiger charge is -2.43. The van der Waals surface area contributed by atoms with Crippen LogP contribution in [0.4, 0.5) is 33.2 Å². The summed E-state index contributed by atoms with van der Waals surface area (Å²) < 4.78 is 43.4. The molecule has 3 aromatic carbocycles. The van der Waals surface area contributed by atoms with E-state index in [-0.39, 0.29) is 11.9 Å². The van der Waals surface area contributed by atoms with E-state index in [4.69, 9.17) is 19.1 Å². The van der Waals surface area contributed by atoms with Crippen molar-refractivity contribution in [3.8, 4) is 5.75 Å². The van der Waals surface area contributed by atoms with E-state index in [0.717, 1.165) is 118 Å². The second kappa shape index (κ2) is 20.4. The Bertz CT molecular complexity index is 2850. The summed E-state index contributed by atoms with van der Waals surface area (Å²) in [5.41, 5.74) is 7.31. The average molecular weight is 998 g/mol. The Morgan fingerprint density at radius 1 is 0.925 bits per heavy atom. The molecule has 0 saturated carbocycles. The molecule has 3 aromatic heterocycles. The molecule has 6 aromatic rings. The molecule has 6 heterocycles. The third-order valence-corrected chi connectivity index (χ3v) is 15.9. The Morgan fingerprint density at radius 3 is 2.45 bits per heavy atom. The Kier molecular flexibility index (Phi) is 14.4. The zero-order chi connectivity index (χ0) is 46.8. The number of benzene rings is 3. The van der Waals surface area contributed by atoms with Gasteiger partial charge in [-0.25, -0.2) is 14.2 Å². The number of pyridine rings is 1. The number of piperazine rings is 1. The molecule has 67 heavy (non-hydrogen) atoms. The molecule has 0 bridgehead atoms. The maximum Gasteiger partial charge on any atom is 0.420 e. The maximum atomic E-state index is 15.3. The summed E-state index contributed by atoms with van der Waals surface area (Å²) in [5.74, 6) is 0.965. The van der Waals surface area contributed by atoms with Crippen molar-refractivity contribution >= 4 is 79.2 Å². The van der Waals surface area contributed by atoms with Crippen molar-refractivity contribution in [1.29, 1.82) is 0 Å². The number of ether oxygens (including phenoxy) is 1. The number of fused-ring (bicyclic) bond motifs is 2. The first-order valence-corrected chi connectivity index (χ1v) is 27.4. The predicted octanol–water partition coefficient (Wildman–Crippen LogP) is 8.85. The van der Waals surface area contributed by atoms with Crippen molar-refractivity contribution in [3.63, 3.8) is 0 Å². The quantitative estimate of drug-likeness (QED) is 0.0844. The average Bonchev–Trinajstić information content (AvgIpc) is 3.68. The normalized spacial score (nSPS) is 18.0. The van der Waals surface area contributed by atoms with Crippen LogP contribution in [0.15, 0.2) is 68.4 Å². The van der Waals surface area contributed by atoms with E-state index in [1.807, 2.05) is 31.2 Å². The van der Waals surface area contributed by atoms with Crippen LogP contribution in [0.1, 0.15) is 69.3 Å². The summed E-state index contributed by atoms with van der Waals surface area (Å²) in [6, 6.07) is 16.0. The molecule has 3 aliphatic heterocycles. The Hall–Kier alpha value is -4.86. The van der Waals surface area contributed by atoms with Crippen LogP contribution in [0.3, 0.4) is 0 Å². The highest BCUT2D eigenvalue weighted by Crippen LogP contribution is 2.42. The molecule has 3 saturated heterocycles. The van der Waals surface area contributed by atoms with Gasteiger partial charge in [-0.05, 0) is 130 Å². The highest BCUT2D eigenvalue weighted by atomic mass is 79.9. The van der Waals surface area contributed by atoms with Crippen molar-refractivity contribution in [2.75, 3.05) is 94.4 Å². The number of nitrogens with one attached hydrogen (secondary N) is 3. The molecule has 9 rings (SSSR count). The van der Waals surface area contributed by atoms with E-state index in [2.05, 4.69) is 77.5 Å². The Balaban J connectivity index is 0.833. The lowest BCUT2D eigenvalue weighted by atomic mass is 9.99. The standard InChI is InChI=1S/C50H63BrFN10O4P/c1-6-32-28-42(57-49-54-31-38(51)48(58-49)56-41-15-14-40-37(47(41)67(4,5)64)12-11-33(7-2)55-40)45(65-8-3)29-44(32)61-22-17-34(18-23-61)60-26-24-59(25-27-60)21-19-36-39(52)13-16-43-46(36)66-50(63)62(43)35-10-9-20-53-30-35/h11-16,28-29,31,34-35,53H,6-10,17-27,30H2,1-5H3,(H2,54,56,57,58). The van der Waals surface area contributed by atoms with Crippen molar-refractivity contribution < 1.29 is 18.1 Å². The summed E-state index contributed by atoms with van der Waals surface area (Å²) in [7, 11) is -2.74. The van der Waals surface area contributed by atoms with Gasteiger partial charge in [0.25, 0.3) is 0 Å². The fourth-order valence-corrected chi connectivity index (χ4v) is 12.1. The fourth-order valence-electron chi connectivity index (χ4n) is 10.3. The number of nitrogens with zero attached hydrogens (tertiary/aromatic N) is 7. The van der Waals surface area contributed by atoms with Crippen LogP contribution in [-0.2, 0) is 23.8 Å². The maximum absolute atomic E-state index is 15.3. The van der Waals surface area contributed by atoms with Gasteiger partial charge in [0.2, 0.25) is 5.95 Å². The van der Waals surface area contributed by atoms with Gasteiger partial charge >= 0.3 is 5.76 Å². The molecule has 1 unspecified atom stereocenters. The highest BCUT2D eigenvalue weighted by Gasteiger charge is 2.30. The van der Waals surface area contributed by atoms with Crippen LogP contribution in [0.2, 0.25) is 0 Å². The van der Waals surface area contributed by atoms with E-state index >= 15 is 4.39 Å². The van der Waals surface area contributed by atoms with Gasteiger partial charge in [0, 0.05) is 98.3 Å². The lowest BCUT2D eigenvalue weighted by Crippen LogP contribution is -2.53. The molecule has 356 valence electrons. The molecule has 0 aliphatic carbocycles. The van der Waals surface area contributed by atoms with Crippen LogP contribution in [-0.4, -0.2) is 114 Å². The van der Waals surface area contributed by atoms with Crippen LogP contribution in [0, 0.1) is 5.82 Å². The Labute approximate surface area is 400 Å². The van der Waals surface area contributed by atoms with Crippen molar-refractivity contribution in [3.05, 3.63) is 92.4 Å². The topological polar surface area (TPSA) is 146 Å². The molecule has 17 heteroatoms. The van der Waals surface area contributed by atoms with Crippen molar-refractivity contribution in [1.82, 2.24) is 34.6 Å². The zero-order valence-corrected chi connectivity index (χ0v) is 41.8. The minimum atomic E-state index is -2.74. The van der Waals surface area contributed by atoms with Crippen LogP contribution >= 0.6 is 23.1 Å². The lowest BCUT2D eigenvalue weighted by molar-refractivity contribution is 0.0854. The summed E-state index contributed by atoms with van der Waals surface area (Å²) in [4.78, 5) is 34.8. The summed E-state index contributed by atoms with van der Waals surface area (Å²) in [6.45, 7) is 18.4. The second-order valence-corrected chi connectivity index (χ2v) is 22.4. The molecule has 3 aliphatic rings.